The number of morpholine rings is 1. The summed E-state index contributed by atoms with van der Waals surface area (Å²) in [6.45, 7) is 1.71. The van der Waals surface area contributed by atoms with E-state index in [2.05, 4.69) is 25.3 Å². The van der Waals surface area contributed by atoms with Gasteiger partial charge in [-0.3, -0.25) is 4.79 Å². The van der Waals surface area contributed by atoms with E-state index in [1.54, 1.807) is 0 Å². The minimum Gasteiger partial charge on any atom is -0.367 e. The highest BCUT2D eigenvalue weighted by Gasteiger charge is 2.27. The largest absolute Gasteiger partial charge is 0.367 e. The fraction of sp³-hybridized carbons (Fsp3) is 0.400. The quantitative estimate of drug-likeness (QED) is 0.595. The van der Waals surface area contributed by atoms with Gasteiger partial charge in [0.15, 0.2) is 5.65 Å². The average Bonchev–Trinajstić information content (AvgIpc) is 2.86. The van der Waals surface area contributed by atoms with E-state index in [4.69, 9.17) is 16.3 Å². The fourth-order valence-corrected chi connectivity index (χ4v) is 2.04. The van der Waals surface area contributed by atoms with Crippen molar-refractivity contribution in [1.29, 1.82) is 0 Å². The number of imidazole rings is 1. The van der Waals surface area contributed by atoms with Crippen LogP contribution in [-0.2, 0) is 4.74 Å². The Labute approximate surface area is 107 Å². The van der Waals surface area contributed by atoms with Crippen LogP contribution in [0.25, 0.3) is 11.2 Å². The molecule has 7 nitrogen and oxygen atoms in total. The van der Waals surface area contributed by atoms with Crippen LogP contribution in [0, 0.1) is 0 Å². The molecule has 0 bridgehead atoms. The second-order valence-electron chi connectivity index (χ2n) is 3.87. The van der Waals surface area contributed by atoms with Crippen LogP contribution in [0.5, 0.6) is 0 Å². The summed E-state index contributed by atoms with van der Waals surface area (Å²) >= 11 is 5.78. The number of aromatic nitrogens is 4. The molecule has 8 heteroatoms. The number of hydrogen-bond acceptors (Lipinski definition) is 6. The normalized spacial score (nSPS) is 20.2. The Morgan fingerprint density at radius 1 is 1.50 bits per heavy atom. The topological polar surface area (TPSA) is 92.8 Å². The van der Waals surface area contributed by atoms with Gasteiger partial charge >= 0.3 is 0 Å². The monoisotopic (exact) mass is 267 g/mol. The first-order valence-electron chi connectivity index (χ1n) is 5.49. The standard InChI is InChI=1S/C10H10ClN5O2/c11-10-15-6(7-9(16-10)14-4-13-7)8(17)5-3-12-1-2-18-5/h4-5,12H,1-3H2,(H,13,14,15,16). The summed E-state index contributed by atoms with van der Waals surface area (Å²) in [6.07, 6.45) is 0.906. The number of rotatable bonds is 2. The molecule has 18 heavy (non-hydrogen) atoms. The Bertz CT molecular complexity index is 593. The van der Waals surface area contributed by atoms with E-state index < -0.39 is 6.10 Å². The Morgan fingerprint density at radius 2 is 2.39 bits per heavy atom. The molecule has 0 amide bonds. The van der Waals surface area contributed by atoms with Crippen LogP contribution in [0.1, 0.15) is 10.5 Å². The molecule has 1 fully saturated rings. The van der Waals surface area contributed by atoms with Crippen molar-refractivity contribution >= 4 is 28.5 Å². The Hall–Kier alpha value is -1.57. The highest BCUT2D eigenvalue weighted by Crippen LogP contribution is 2.17. The molecule has 2 aromatic heterocycles. The van der Waals surface area contributed by atoms with Crippen molar-refractivity contribution in [3.63, 3.8) is 0 Å². The SMILES string of the molecule is O=C(c1nc(Cl)nc2nc[nH]c12)C1CNCCO1. The summed E-state index contributed by atoms with van der Waals surface area (Å²) in [7, 11) is 0. The molecule has 3 rings (SSSR count). The maximum absolute atomic E-state index is 12.3. The number of nitrogens with zero attached hydrogens (tertiary/aromatic N) is 3. The highest BCUT2D eigenvalue weighted by molar-refractivity contribution is 6.29. The second kappa shape index (κ2) is 4.60. The number of H-pyrrole nitrogens is 1. The average molecular weight is 268 g/mol. The molecule has 3 heterocycles. The van der Waals surface area contributed by atoms with Crippen molar-refractivity contribution in [3.05, 3.63) is 17.3 Å². The number of ketones is 1. The first kappa shape index (κ1) is 11.5. The summed E-state index contributed by atoms with van der Waals surface area (Å²) in [4.78, 5) is 27.0. The third-order valence-electron chi connectivity index (χ3n) is 2.71. The molecule has 94 valence electrons. The molecule has 2 aromatic rings. The van der Waals surface area contributed by atoms with Gasteiger partial charge in [0, 0.05) is 13.1 Å². The van der Waals surface area contributed by atoms with E-state index in [0.29, 0.717) is 24.3 Å². The molecular weight excluding hydrogens is 258 g/mol. The van der Waals surface area contributed by atoms with Crippen molar-refractivity contribution in [2.75, 3.05) is 19.7 Å². The highest BCUT2D eigenvalue weighted by atomic mass is 35.5. The predicted octanol–water partition coefficient (Wildman–Crippen LogP) is 0.177. The van der Waals surface area contributed by atoms with Gasteiger partial charge < -0.3 is 15.0 Å². The predicted molar refractivity (Wildman–Crippen MR) is 63.6 cm³/mol. The van der Waals surface area contributed by atoms with Crippen LogP contribution in [0.15, 0.2) is 6.33 Å². The van der Waals surface area contributed by atoms with Gasteiger partial charge in [0.2, 0.25) is 11.1 Å². The van der Waals surface area contributed by atoms with Crippen LogP contribution < -0.4 is 5.32 Å². The van der Waals surface area contributed by atoms with Gasteiger partial charge in [0.05, 0.1) is 12.9 Å². The van der Waals surface area contributed by atoms with E-state index in [-0.39, 0.29) is 16.8 Å². The summed E-state index contributed by atoms with van der Waals surface area (Å²) in [5.41, 5.74) is 1.08. The van der Waals surface area contributed by atoms with E-state index in [1.807, 2.05) is 0 Å². The number of carbonyl (C=O) groups is 1. The van der Waals surface area contributed by atoms with Gasteiger partial charge in [0.1, 0.15) is 17.3 Å². The van der Waals surface area contributed by atoms with Gasteiger partial charge in [-0.2, -0.15) is 4.98 Å². The zero-order valence-electron chi connectivity index (χ0n) is 9.31. The van der Waals surface area contributed by atoms with Gasteiger partial charge in [-0.1, -0.05) is 0 Å². The van der Waals surface area contributed by atoms with Crippen LogP contribution in [0.3, 0.4) is 0 Å². The molecule has 0 aliphatic carbocycles. The number of Topliss-reactive ketones (excluding diaryl/α,β-unsaturated/α-hetero) is 1. The van der Waals surface area contributed by atoms with Gasteiger partial charge in [-0.25, -0.2) is 9.97 Å². The first-order chi connectivity index (χ1) is 8.75. The summed E-state index contributed by atoms with van der Waals surface area (Å²) in [5, 5.41) is 3.10. The second-order valence-corrected chi connectivity index (χ2v) is 4.21. The van der Waals surface area contributed by atoms with Gasteiger partial charge in [0.25, 0.3) is 0 Å². The Balaban J connectivity index is 2.02. The molecule has 0 spiro atoms. The molecule has 2 N–H and O–H groups in total. The third-order valence-corrected chi connectivity index (χ3v) is 2.88. The lowest BCUT2D eigenvalue weighted by Gasteiger charge is -2.22. The lowest BCUT2D eigenvalue weighted by atomic mass is 10.1. The number of carbonyl (C=O) groups excluding carboxylic acids is 1. The van der Waals surface area contributed by atoms with Crippen molar-refractivity contribution < 1.29 is 9.53 Å². The van der Waals surface area contributed by atoms with Crippen molar-refractivity contribution in [2.45, 2.75) is 6.10 Å². The summed E-state index contributed by atoms with van der Waals surface area (Å²) < 4.78 is 5.41. The Morgan fingerprint density at radius 3 is 3.17 bits per heavy atom. The van der Waals surface area contributed by atoms with Crippen LogP contribution in [-0.4, -0.2) is 51.5 Å². The van der Waals surface area contributed by atoms with Crippen molar-refractivity contribution in [1.82, 2.24) is 25.3 Å². The third kappa shape index (κ3) is 1.96. The molecule has 1 atom stereocenters. The summed E-state index contributed by atoms with van der Waals surface area (Å²) in [6, 6.07) is 0. The number of fused-ring (bicyclic) bond motifs is 1. The molecule has 0 aromatic carbocycles. The van der Waals surface area contributed by atoms with E-state index in [0.717, 1.165) is 6.54 Å². The van der Waals surface area contributed by atoms with Crippen LogP contribution in [0.2, 0.25) is 5.28 Å². The fourth-order valence-electron chi connectivity index (χ4n) is 1.87. The van der Waals surface area contributed by atoms with E-state index in [1.165, 1.54) is 6.33 Å². The smallest absolute Gasteiger partial charge is 0.225 e. The van der Waals surface area contributed by atoms with E-state index >= 15 is 0 Å². The molecule has 1 unspecified atom stereocenters. The van der Waals surface area contributed by atoms with Crippen LogP contribution >= 0.6 is 11.6 Å². The molecular formula is C10H10ClN5O2. The molecule has 0 radical (unpaired) electrons. The molecule has 0 saturated carbocycles. The van der Waals surface area contributed by atoms with Crippen LogP contribution in [0.4, 0.5) is 0 Å². The molecule has 1 aliphatic heterocycles. The minimum absolute atomic E-state index is 0.00159. The zero-order valence-corrected chi connectivity index (χ0v) is 10.1. The van der Waals surface area contributed by atoms with Crippen molar-refractivity contribution in [3.8, 4) is 0 Å². The zero-order chi connectivity index (χ0) is 12.5. The number of halogens is 1. The van der Waals surface area contributed by atoms with Gasteiger partial charge in [-0.15, -0.1) is 0 Å². The maximum atomic E-state index is 12.3. The lowest BCUT2D eigenvalue weighted by Crippen LogP contribution is -2.43. The molecule has 1 aliphatic rings. The maximum Gasteiger partial charge on any atom is 0.225 e. The number of aromatic amines is 1. The Kier molecular flexibility index (Phi) is 2.94. The number of hydrogen-bond donors (Lipinski definition) is 2. The first-order valence-corrected chi connectivity index (χ1v) is 5.86. The van der Waals surface area contributed by atoms with E-state index in [9.17, 15) is 4.79 Å². The number of nitrogens with one attached hydrogen (secondary N) is 2. The van der Waals surface area contributed by atoms with Crippen molar-refractivity contribution in [2.24, 2.45) is 0 Å². The minimum atomic E-state index is -0.545. The van der Waals surface area contributed by atoms with Gasteiger partial charge in [-0.05, 0) is 11.6 Å². The number of ether oxygens (including phenoxy) is 1. The summed E-state index contributed by atoms with van der Waals surface area (Å²) in [5.74, 6) is -0.222. The molecule has 1 saturated heterocycles. The lowest BCUT2D eigenvalue weighted by molar-refractivity contribution is 0.0267.